The summed E-state index contributed by atoms with van der Waals surface area (Å²) in [6, 6.07) is 6.59. The van der Waals surface area contributed by atoms with Crippen molar-refractivity contribution in [1.29, 1.82) is 0 Å². The van der Waals surface area contributed by atoms with Crippen molar-refractivity contribution in [3.8, 4) is 5.75 Å². The van der Waals surface area contributed by atoms with Gasteiger partial charge in [-0.2, -0.15) is 0 Å². The summed E-state index contributed by atoms with van der Waals surface area (Å²) in [7, 11) is 0. The second-order valence-corrected chi connectivity index (χ2v) is 10.9. The van der Waals surface area contributed by atoms with Crippen LogP contribution in [0, 0.1) is 0 Å². The summed E-state index contributed by atoms with van der Waals surface area (Å²) in [5.41, 5.74) is 7.82. The van der Waals surface area contributed by atoms with Crippen LogP contribution in [0.5, 0.6) is 5.75 Å². The maximum Gasteiger partial charge on any atom is 0.223 e. The van der Waals surface area contributed by atoms with Crippen LogP contribution in [0.15, 0.2) is 23.2 Å². The van der Waals surface area contributed by atoms with Crippen LogP contribution in [0.2, 0.25) is 0 Å². The zero-order valence-electron chi connectivity index (χ0n) is 22.6. The predicted molar refractivity (Wildman–Crippen MR) is 145 cm³/mol. The first-order valence-corrected chi connectivity index (χ1v) is 14.3. The summed E-state index contributed by atoms with van der Waals surface area (Å²) >= 11 is 0. The predicted octanol–water partition coefficient (Wildman–Crippen LogP) is 5.05. The zero-order valence-corrected chi connectivity index (χ0v) is 22.6. The molecule has 0 aromatic heterocycles. The average Bonchev–Trinajstić information content (AvgIpc) is 2.91. The van der Waals surface area contributed by atoms with E-state index in [-0.39, 0.29) is 12.1 Å². The first kappa shape index (κ1) is 27.4. The molecule has 0 spiro atoms. The van der Waals surface area contributed by atoms with Crippen LogP contribution >= 0.6 is 0 Å². The number of aldehydes is 1. The number of fused-ring (bicyclic) bond motifs is 1. The third-order valence-corrected chi connectivity index (χ3v) is 7.80. The number of amides is 1. The van der Waals surface area contributed by atoms with Gasteiger partial charge in [0, 0.05) is 24.1 Å². The molecular formula is C29H44N4O4. The Labute approximate surface area is 221 Å². The molecule has 1 aromatic carbocycles. The molecule has 8 nitrogen and oxygen atoms in total. The lowest BCUT2D eigenvalue weighted by molar-refractivity contribution is -0.138. The molecule has 8 heteroatoms. The second-order valence-electron chi connectivity index (χ2n) is 10.9. The average molecular weight is 513 g/mol. The molecule has 204 valence electrons. The SMILES string of the molecule is CC(C)OC(C=O)N1Cc2cccc(OCCCC(=O)N(C3CCCCC3)C3CCCCC3)c2N=C1N. The summed E-state index contributed by atoms with van der Waals surface area (Å²) in [6.07, 6.45) is 13.2. The summed E-state index contributed by atoms with van der Waals surface area (Å²) in [5, 5.41) is 0. The molecule has 1 unspecified atom stereocenters. The molecule has 1 heterocycles. The van der Waals surface area contributed by atoms with Gasteiger partial charge in [0.2, 0.25) is 5.91 Å². The van der Waals surface area contributed by atoms with Crippen molar-refractivity contribution in [2.75, 3.05) is 6.61 Å². The molecular weight excluding hydrogens is 468 g/mol. The van der Waals surface area contributed by atoms with Crippen molar-refractivity contribution < 1.29 is 19.1 Å². The van der Waals surface area contributed by atoms with Crippen LogP contribution in [0.1, 0.15) is 96.5 Å². The fourth-order valence-corrected chi connectivity index (χ4v) is 6.02. The van der Waals surface area contributed by atoms with Gasteiger partial charge in [-0.1, -0.05) is 50.7 Å². The number of para-hydroxylation sites is 1. The van der Waals surface area contributed by atoms with Gasteiger partial charge in [-0.3, -0.25) is 9.59 Å². The number of rotatable bonds is 11. The number of benzene rings is 1. The van der Waals surface area contributed by atoms with E-state index < -0.39 is 6.23 Å². The van der Waals surface area contributed by atoms with Crippen molar-refractivity contribution in [2.45, 2.75) is 122 Å². The Hall–Kier alpha value is -2.61. The van der Waals surface area contributed by atoms with E-state index in [1.807, 2.05) is 32.0 Å². The largest absolute Gasteiger partial charge is 0.491 e. The van der Waals surface area contributed by atoms with Gasteiger partial charge in [0.15, 0.2) is 18.5 Å². The number of aliphatic imine (C=N–C) groups is 1. The van der Waals surface area contributed by atoms with E-state index in [1.165, 1.54) is 38.5 Å². The molecule has 2 aliphatic carbocycles. The molecule has 1 aromatic rings. The topological polar surface area (TPSA) is 97.5 Å². The molecule has 1 amide bonds. The van der Waals surface area contributed by atoms with Crippen LogP contribution in [-0.4, -0.2) is 59.0 Å². The molecule has 1 atom stereocenters. The first-order chi connectivity index (χ1) is 18.0. The molecule has 3 aliphatic rings. The fourth-order valence-electron chi connectivity index (χ4n) is 6.02. The molecule has 0 radical (unpaired) electrons. The number of hydrogen-bond acceptors (Lipinski definition) is 7. The standard InChI is InChI=1S/C29H44N4O4/c1-21(2)37-27(20-34)32-19-22-11-9-16-25(28(22)31-29(32)30)36-18-10-17-26(35)33(23-12-5-3-6-13-23)24-14-7-4-8-15-24/h9,11,16,20-21,23-24,27H,3-8,10,12-15,17-19H2,1-2H3,(H2,30,31). The Morgan fingerprint density at radius 3 is 2.35 bits per heavy atom. The van der Waals surface area contributed by atoms with Gasteiger partial charge in [0.05, 0.1) is 19.3 Å². The summed E-state index contributed by atoms with van der Waals surface area (Å²) < 4.78 is 11.8. The van der Waals surface area contributed by atoms with E-state index in [1.54, 1.807) is 4.90 Å². The first-order valence-electron chi connectivity index (χ1n) is 14.3. The maximum absolute atomic E-state index is 13.4. The molecule has 0 bridgehead atoms. The van der Waals surface area contributed by atoms with Gasteiger partial charge < -0.3 is 25.0 Å². The molecule has 1 aliphatic heterocycles. The van der Waals surface area contributed by atoms with E-state index in [2.05, 4.69) is 9.89 Å². The van der Waals surface area contributed by atoms with Crippen molar-refractivity contribution >= 4 is 23.8 Å². The smallest absolute Gasteiger partial charge is 0.223 e. The lowest BCUT2D eigenvalue weighted by Gasteiger charge is -2.42. The molecule has 2 N–H and O–H groups in total. The number of ether oxygens (including phenoxy) is 2. The number of guanidine groups is 1. The number of carbonyl (C=O) groups is 2. The number of carbonyl (C=O) groups excluding carboxylic acids is 2. The third kappa shape index (κ3) is 7.03. The maximum atomic E-state index is 13.4. The highest BCUT2D eigenvalue weighted by atomic mass is 16.5. The van der Waals surface area contributed by atoms with Crippen LogP contribution < -0.4 is 10.5 Å². The minimum absolute atomic E-state index is 0.117. The Balaban J connectivity index is 1.35. The van der Waals surface area contributed by atoms with Gasteiger partial charge in [-0.05, 0) is 52.0 Å². The Morgan fingerprint density at radius 2 is 1.76 bits per heavy atom. The van der Waals surface area contributed by atoms with Gasteiger partial charge in [0.1, 0.15) is 11.4 Å². The lowest BCUT2D eigenvalue weighted by Crippen LogP contribution is -2.48. The van der Waals surface area contributed by atoms with Crippen molar-refractivity contribution in [3.63, 3.8) is 0 Å². The zero-order chi connectivity index (χ0) is 26.2. The summed E-state index contributed by atoms with van der Waals surface area (Å²) in [4.78, 5) is 33.5. The summed E-state index contributed by atoms with van der Waals surface area (Å²) in [5.74, 6) is 1.17. The minimum Gasteiger partial charge on any atom is -0.491 e. The molecule has 2 fully saturated rings. The second kappa shape index (κ2) is 13.3. The highest BCUT2D eigenvalue weighted by Crippen LogP contribution is 2.36. The van der Waals surface area contributed by atoms with Crippen LogP contribution in [-0.2, 0) is 20.9 Å². The number of nitrogens with zero attached hydrogens (tertiary/aromatic N) is 3. The highest BCUT2D eigenvalue weighted by molar-refractivity contribution is 5.87. The number of nitrogens with two attached hydrogens (primary N) is 1. The van der Waals surface area contributed by atoms with Crippen molar-refractivity contribution in [1.82, 2.24) is 9.80 Å². The molecule has 0 saturated heterocycles. The normalized spacial score (nSPS) is 19.8. The highest BCUT2D eigenvalue weighted by Gasteiger charge is 2.32. The van der Waals surface area contributed by atoms with E-state index in [0.29, 0.717) is 55.4 Å². The van der Waals surface area contributed by atoms with E-state index in [0.717, 1.165) is 37.5 Å². The van der Waals surface area contributed by atoms with Gasteiger partial charge in [-0.25, -0.2) is 4.99 Å². The Bertz CT molecular complexity index is 920. The van der Waals surface area contributed by atoms with Gasteiger partial charge >= 0.3 is 0 Å². The van der Waals surface area contributed by atoms with Crippen LogP contribution in [0.4, 0.5) is 5.69 Å². The number of hydrogen-bond donors (Lipinski definition) is 1. The fraction of sp³-hybridized carbons (Fsp3) is 0.690. The van der Waals surface area contributed by atoms with Crippen LogP contribution in [0.25, 0.3) is 0 Å². The lowest BCUT2D eigenvalue weighted by atomic mass is 9.88. The van der Waals surface area contributed by atoms with E-state index >= 15 is 0 Å². The van der Waals surface area contributed by atoms with E-state index in [4.69, 9.17) is 15.2 Å². The van der Waals surface area contributed by atoms with Gasteiger partial charge in [0.25, 0.3) is 0 Å². The minimum atomic E-state index is -0.788. The van der Waals surface area contributed by atoms with Gasteiger partial charge in [-0.15, -0.1) is 0 Å². The monoisotopic (exact) mass is 512 g/mol. The Morgan fingerprint density at radius 1 is 1.11 bits per heavy atom. The quantitative estimate of drug-likeness (QED) is 0.329. The van der Waals surface area contributed by atoms with Crippen molar-refractivity contribution in [3.05, 3.63) is 23.8 Å². The summed E-state index contributed by atoms with van der Waals surface area (Å²) in [6.45, 7) is 4.61. The molecule has 4 rings (SSSR count). The molecule has 37 heavy (non-hydrogen) atoms. The van der Waals surface area contributed by atoms with Crippen LogP contribution in [0.3, 0.4) is 0 Å². The van der Waals surface area contributed by atoms with E-state index in [9.17, 15) is 9.59 Å². The van der Waals surface area contributed by atoms with Crippen molar-refractivity contribution in [2.24, 2.45) is 10.7 Å². The Kier molecular flexibility index (Phi) is 9.83. The molecule has 2 saturated carbocycles. The third-order valence-electron chi connectivity index (χ3n) is 7.80.